The van der Waals surface area contributed by atoms with E-state index in [2.05, 4.69) is 49.7 Å². The molecule has 4 nitrogen and oxygen atoms in total. The summed E-state index contributed by atoms with van der Waals surface area (Å²) in [6.07, 6.45) is 0.494. The molecule has 0 bridgehead atoms. The van der Waals surface area contributed by atoms with Gasteiger partial charge in [-0.2, -0.15) is 0 Å². The van der Waals surface area contributed by atoms with E-state index in [4.69, 9.17) is 4.98 Å². The zero-order chi connectivity index (χ0) is 23.5. The second kappa shape index (κ2) is 9.57. The molecule has 1 aromatic heterocycles. The van der Waals surface area contributed by atoms with E-state index in [1.165, 1.54) is 12.1 Å². The minimum absolute atomic E-state index is 0.0622. The lowest BCUT2D eigenvalue weighted by molar-refractivity contribution is -0.123. The number of halogens is 1. The molecule has 33 heavy (non-hydrogen) atoms. The first-order chi connectivity index (χ1) is 15.8. The van der Waals surface area contributed by atoms with E-state index in [0.29, 0.717) is 18.9 Å². The van der Waals surface area contributed by atoms with Gasteiger partial charge in [0, 0.05) is 13.0 Å². The number of fused-ring (bicyclic) bond motifs is 1. The fourth-order valence-electron chi connectivity index (χ4n) is 4.05. The molecular formula is C28H30FN3O. The van der Waals surface area contributed by atoms with Gasteiger partial charge in [-0.25, -0.2) is 9.37 Å². The minimum Gasteiger partial charge on any atom is -0.354 e. The summed E-state index contributed by atoms with van der Waals surface area (Å²) in [5.41, 5.74) is 5.91. The fraction of sp³-hybridized carbons (Fsp3) is 0.286. The highest BCUT2D eigenvalue weighted by atomic mass is 19.1. The van der Waals surface area contributed by atoms with Crippen molar-refractivity contribution in [1.82, 2.24) is 14.9 Å². The molecule has 1 heterocycles. The van der Waals surface area contributed by atoms with E-state index in [9.17, 15) is 9.18 Å². The molecule has 0 spiro atoms. The van der Waals surface area contributed by atoms with Crippen LogP contribution in [-0.2, 0) is 11.2 Å². The number of hydrogen-bond acceptors (Lipinski definition) is 2. The number of hydrogen-bond donors (Lipinski definition) is 1. The van der Waals surface area contributed by atoms with E-state index in [1.807, 2.05) is 30.3 Å². The molecular weight excluding hydrogens is 413 g/mol. The van der Waals surface area contributed by atoms with Gasteiger partial charge < -0.3 is 9.88 Å². The zero-order valence-corrected chi connectivity index (χ0v) is 19.6. The lowest BCUT2D eigenvalue weighted by Gasteiger charge is -2.23. The molecule has 1 amide bonds. The second-order valence-electron chi connectivity index (χ2n) is 9.08. The van der Waals surface area contributed by atoms with E-state index in [1.54, 1.807) is 12.1 Å². The highest BCUT2D eigenvalue weighted by molar-refractivity contribution is 5.87. The van der Waals surface area contributed by atoms with Crippen LogP contribution in [-0.4, -0.2) is 22.0 Å². The van der Waals surface area contributed by atoms with E-state index < -0.39 is 6.04 Å². The van der Waals surface area contributed by atoms with Crippen LogP contribution in [0.4, 0.5) is 4.39 Å². The number of benzene rings is 3. The predicted molar refractivity (Wildman–Crippen MR) is 131 cm³/mol. The number of imidazole rings is 1. The molecule has 0 fully saturated rings. The van der Waals surface area contributed by atoms with E-state index in [0.717, 1.165) is 39.1 Å². The van der Waals surface area contributed by atoms with Crippen LogP contribution < -0.4 is 5.32 Å². The van der Waals surface area contributed by atoms with Crippen LogP contribution in [0.1, 0.15) is 48.0 Å². The lowest BCUT2D eigenvalue weighted by Crippen LogP contribution is -2.36. The maximum Gasteiger partial charge on any atom is 0.247 e. The van der Waals surface area contributed by atoms with Crippen molar-refractivity contribution >= 4 is 16.9 Å². The van der Waals surface area contributed by atoms with Crippen LogP contribution in [0.25, 0.3) is 11.0 Å². The Hall–Kier alpha value is -3.47. The molecule has 0 saturated carbocycles. The molecule has 1 N–H and O–H groups in total. The molecule has 0 aliphatic heterocycles. The number of carbonyl (C=O) groups is 1. The van der Waals surface area contributed by atoms with Gasteiger partial charge in [0.1, 0.15) is 17.7 Å². The number of rotatable bonds is 7. The summed E-state index contributed by atoms with van der Waals surface area (Å²) in [6, 6.07) is 19.9. The molecule has 170 valence electrons. The quantitative estimate of drug-likeness (QED) is 0.396. The molecule has 4 aromatic rings. The van der Waals surface area contributed by atoms with Crippen molar-refractivity contribution in [3.63, 3.8) is 0 Å². The highest BCUT2D eigenvalue weighted by Crippen LogP contribution is 2.30. The zero-order valence-electron chi connectivity index (χ0n) is 19.6. The van der Waals surface area contributed by atoms with Crippen molar-refractivity contribution in [2.24, 2.45) is 5.92 Å². The molecule has 5 heteroatoms. The highest BCUT2D eigenvalue weighted by Gasteiger charge is 2.27. The van der Waals surface area contributed by atoms with Crippen molar-refractivity contribution in [1.29, 1.82) is 0 Å². The standard InChI is InChI=1S/C28H30FN3O/c1-18(2)17-30-28(33)27(22-8-6-5-7-9-22)32-25-15-20(4)19(3)14-24(25)31-26(32)16-21-10-12-23(29)13-11-21/h5-15,18,27H,16-17H2,1-4H3,(H,30,33)/t27-/m0/s1. The summed E-state index contributed by atoms with van der Waals surface area (Å²) in [5, 5.41) is 3.12. The van der Waals surface area contributed by atoms with Crippen LogP contribution in [0, 0.1) is 25.6 Å². The van der Waals surface area contributed by atoms with Gasteiger partial charge in [-0.05, 0) is 66.3 Å². The third-order valence-corrected chi connectivity index (χ3v) is 5.96. The Morgan fingerprint density at radius 2 is 1.67 bits per heavy atom. The first-order valence-electron chi connectivity index (χ1n) is 11.4. The van der Waals surface area contributed by atoms with Crippen LogP contribution >= 0.6 is 0 Å². The SMILES string of the molecule is Cc1cc2nc(Cc3ccc(F)cc3)n([C@H](C(=O)NCC(C)C)c3ccccc3)c2cc1C. The van der Waals surface area contributed by atoms with Crippen molar-refractivity contribution in [2.45, 2.75) is 40.2 Å². The van der Waals surface area contributed by atoms with Gasteiger partial charge in [-0.1, -0.05) is 56.3 Å². The third-order valence-electron chi connectivity index (χ3n) is 5.96. The largest absolute Gasteiger partial charge is 0.354 e. The Balaban J connectivity index is 1.90. The van der Waals surface area contributed by atoms with Gasteiger partial charge in [0.25, 0.3) is 0 Å². The lowest BCUT2D eigenvalue weighted by atomic mass is 10.0. The van der Waals surface area contributed by atoms with Gasteiger partial charge in [0.05, 0.1) is 11.0 Å². The Labute approximate surface area is 194 Å². The van der Waals surface area contributed by atoms with E-state index in [-0.39, 0.29) is 11.7 Å². The van der Waals surface area contributed by atoms with E-state index >= 15 is 0 Å². The van der Waals surface area contributed by atoms with Gasteiger partial charge in [-0.15, -0.1) is 0 Å². The number of nitrogens with zero attached hydrogens (tertiary/aromatic N) is 2. The topological polar surface area (TPSA) is 46.9 Å². The number of aryl methyl sites for hydroxylation is 2. The minimum atomic E-state index is -0.562. The molecule has 3 aromatic carbocycles. The summed E-state index contributed by atoms with van der Waals surface area (Å²) < 4.78 is 15.5. The smallest absolute Gasteiger partial charge is 0.247 e. The molecule has 1 atom stereocenters. The molecule has 0 unspecified atom stereocenters. The Morgan fingerprint density at radius 1 is 1.00 bits per heavy atom. The second-order valence-corrected chi connectivity index (χ2v) is 9.08. The van der Waals surface area contributed by atoms with Gasteiger partial charge in [-0.3, -0.25) is 4.79 Å². The van der Waals surface area contributed by atoms with Crippen LogP contribution in [0.2, 0.25) is 0 Å². The number of aromatic nitrogens is 2. The fourth-order valence-corrected chi connectivity index (χ4v) is 4.05. The maximum absolute atomic E-state index is 13.6. The summed E-state index contributed by atoms with van der Waals surface area (Å²) in [7, 11) is 0. The number of amides is 1. The van der Waals surface area contributed by atoms with Crippen LogP contribution in [0.3, 0.4) is 0 Å². The summed E-state index contributed by atoms with van der Waals surface area (Å²) in [4.78, 5) is 18.5. The average molecular weight is 444 g/mol. The first-order valence-corrected chi connectivity index (χ1v) is 11.4. The molecule has 0 saturated heterocycles. The van der Waals surface area contributed by atoms with Gasteiger partial charge >= 0.3 is 0 Å². The van der Waals surface area contributed by atoms with Crippen molar-refractivity contribution in [2.75, 3.05) is 6.54 Å². The Kier molecular flexibility index (Phi) is 6.59. The van der Waals surface area contributed by atoms with Crippen molar-refractivity contribution in [3.8, 4) is 0 Å². The predicted octanol–water partition coefficient (Wildman–Crippen LogP) is 5.74. The van der Waals surface area contributed by atoms with Crippen LogP contribution in [0.5, 0.6) is 0 Å². The van der Waals surface area contributed by atoms with Crippen molar-refractivity contribution in [3.05, 3.63) is 101 Å². The number of carbonyl (C=O) groups excluding carboxylic acids is 1. The summed E-state index contributed by atoms with van der Waals surface area (Å²) in [5.74, 6) is 0.783. The van der Waals surface area contributed by atoms with Gasteiger partial charge in [0.15, 0.2) is 0 Å². The maximum atomic E-state index is 13.6. The molecule has 0 radical (unpaired) electrons. The first kappa shape index (κ1) is 22.7. The Morgan fingerprint density at radius 3 is 2.33 bits per heavy atom. The van der Waals surface area contributed by atoms with Crippen LogP contribution in [0.15, 0.2) is 66.7 Å². The summed E-state index contributed by atoms with van der Waals surface area (Å²) in [6.45, 7) is 8.90. The molecule has 0 aliphatic rings. The normalized spacial score (nSPS) is 12.3. The molecule has 4 rings (SSSR count). The van der Waals surface area contributed by atoms with Gasteiger partial charge in [0.2, 0.25) is 5.91 Å². The third kappa shape index (κ3) is 4.98. The summed E-state index contributed by atoms with van der Waals surface area (Å²) >= 11 is 0. The average Bonchev–Trinajstić information content (AvgIpc) is 3.11. The molecule has 0 aliphatic carbocycles. The van der Waals surface area contributed by atoms with Crippen molar-refractivity contribution < 1.29 is 9.18 Å². The monoisotopic (exact) mass is 443 g/mol. The Bertz CT molecular complexity index is 1260. The number of nitrogens with one attached hydrogen (secondary N) is 1.